The van der Waals surface area contributed by atoms with Crippen LogP contribution in [0.1, 0.15) is 28.7 Å². The molecular weight excluding hydrogens is 424 g/mol. The number of benzene rings is 2. The first-order valence-corrected chi connectivity index (χ1v) is 11.3. The second-order valence-corrected chi connectivity index (χ2v) is 9.72. The zero-order valence-electron chi connectivity index (χ0n) is 17.7. The van der Waals surface area contributed by atoms with Crippen LogP contribution in [0.15, 0.2) is 41.3 Å². The highest BCUT2D eigenvalue weighted by Gasteiger charge is 2.25. The molecule has 0 radical (unpaired) electrons. The van der Waals surface area contributed by atoms with Crippen molar-refractivity contribution in [1.29, 1.82) is 0 Å². The molecule has 3 aromatic rings. The van der Waals surface area contributed by atoms with Gasteiger partial charge in [-0.25, -0.2) is 13.4 Å². The van der Waals surface area contributed by atoms with Crippen LogP contribution in [0.4, 0.5) is 0 Å². The van der Waals surface area contributed by atoms with Gasteiger partial charge in [0.1, 0.15) is 5.82 Å². The molecule has 3 rings (SSSR count). The van der Waals surface area contributed by atoms with Crippen molar-refractivity contribution in [2.75, 3.05) is 21.1 Å². The molecule has 1 heterocycles. The molecule has 0 aliphatic carbocycles. The molecule has 1 aromatic heterocycles. The number of fused-ring (bicyclic) bond motifs is 1. The molecular formula is C21H25ClN4O3S. The summed E-state index contributed by atoms with van der Waals surface area (Å²) in [5.74, 6) is 0.494. The molecule has 160 valence electrons. The summed E-state index contributed by atoms with van der Waals surface area (Å²) in [6.45, 7) is 4.37. The van der Waals surface area contributed by atoms with Crippen LogP contribution in [0.25, 0.3) is 11.0 Å². The third-order valence-corrected chi connectivity index (χ3v) is 7.42. The van der Waals surface area contributed by atoms with Gasteiger partial charge in [0, 0.05) is 38.3 Å². The van der Waals surface area contributed by atoms with Crippen molar-refractivity contribution in [3.05, 3.63) is 58.4 Å². The van der Waals surface area contributed by atoms with Crippen LogP contribution in [0.2, 0.25) is 5.02 Å². The van der Waals surface area contributed by atoms with Crippen LogP contribution < -0.4 is 0 Å². The van der Waals surface area contributed by atoms with Crippen LogP contribution in [-0.2, 0) is 23.1 Å². The molecule has 2 aromatic carbocycles. The average Bonchev–Trinajstić information content (AvgIpc) is 3.05. The average molecular weight is 449 g/mol. The van der Waals surface area contributed by atoms with Gasteiger partial charge in [-0.2, -0.15) is 4.31 Å². The van der Waals surface area contributed by atoms with E-state index in [-0.39, 0.29) is 17.3 Å². The SMILES string of the molecule is CCn1c(CN(C)S(=O)(=O)c2cccc(Cl)c2C)nc2cc(C(=O)N(C)C)ccc21. The van der Waals surface area contributed by atoms with Crippen LogP contribution in [0, 0.1) is 6.92 Å². The number of imidazole rings is 1. The molecule has 0 aliphatic heterocycles. The lowest BCUT2D eigenvalue weighted by molar-refractivity contribution is 0.0827. The second kappa shape index (κ2) is 8.37. The smallest absolute Gasteiger partial charge is 0.253 e. The Kier molecular flexibility index (Phi) is 6.21. The predicted molar refractivity (Wildman–Crippen MR) is 118 cm³/mol. The molecule has 0 bridgehead atoms. The summed E-state index contributed by atoms with van der Waals surface area (Å²) in [4.78, 5) is 18.6. The van der Waals surface area contributed by atoms with Crippen molar-refractivity contribution in [2.45, 2.75) is 31.8 Å². The Bertz CT molecular complexity index is 1220. The first-order valence-electron chi connectivity index (χ1n) is 9.50. The topological polar surface area (TPSA) is 75.5 Å². The fourth-order valence-corrected chi connectivity index (χ4v) is 4.96. The minimum atomic E-state index is -3.75. The maximum atomic E-state index is 13.1. The third kappa shape index (κ3) is 3.95. The van der Waals surface area contributed by atoms with Crippen molar-refractivity contribution in [3.63, 3.8) is 0 Å². The normalized spacial score (nSPS) is 12.0. The summed E-state index contributed by atoms with van der Waals surface area (Å²) in [6, 6.07) is 10.2. The minimum Gasteiger partial charge on any atom is -0.345 e. The van der Waals surface area contributed by atoms with Gasteiger partial charge in [0.15, 0.2) is 0 Å². The van der Waals surface area contributed by atoms with Crippen molar-refractivity contribution < 1.29 is 13.2 Å². The van der Waals surface area contributed by atoms with E-state index in [4.69, 9.17) is 11.6 Å². The number of sulfonamides is 1. The van der Waals surface area contributed by atoms with Crippen molar-refractivity contribution >= 4 is 38.6 Å². The van der Waals surface area contributed by atoms with Crippen LogP contribution >= 0.6 is 11.6 Å². The van der Waals surface area contributed by atoms with Crippen molar-refractivity contribution in [2.24, 2.45) is 0 Å². The lowest BCUT2D eigenvalue weighted by Crippen LogP contribution is -2.28. The summed E-state index contributed by atoms with van der Waals surface area (Å²) in [6.07, 6.45) is 0. The third-order valence-electron chi connectivity index (χ3n) is 5.07. The quantitative estimate of drug-likeness (QED) is 0.578. The van der Waals surface area contributed by atoms with Crippen LogP contribution in [-0.4, -0.2) is 54.2 Å². The van der Waals surface area contributed by atoms with Gasteiger partial charge in [0.25, 0.3) is 5.91 Å². The van der Waals surface area contributed by atoms with Crippen molar-refractivity contribution in [3.8, 4) is 0 Å². The highest BCUT2D eigenvalue weighted by Crippen LogP contribution is 2.26. The molecule has 0 spiro atoms. The number of aryl methyl sites for hydroxylation is 1. The Labute approximate surface area is 181 Å². The number of halogens is 1. The van der Waals surface area contributed by atoms with Crippen LogP contribution in [0.5, 0.6) is 0 Å². The standard InChI is InChI=1S/C21H25ClN4O3S/c1-6-26-18-11-10-15(21(27)24(3)4)12-17(18)23-20(26)13-25(5)30(28,29)19-9-7-8-16(22)14(19)2/h7-12H,6,13H2,1-5H3. The van der Waals surface area contributed by atoms with E-state index in [0.717, 1.165) is 5.52 Å². The van der Waals surface area contributed by atoms with E-state index in [9.17, 15) is 13.2 Å². The van der Waals surface area contributed by atoms with E-state index >= 15 is 0 Å². The first-order chi connectivity index (χ1) is 14.1. The van der Waals surface area contributed by atoms with Gasteiger partial charge >= 0.3 is 0 Å². The maximum absolute atomic E-state index is 13.1. The molecule has 30 heavy (non-hydrogen) atoms. The zero-order valence-corrected chi connectivity index (χ0v) is 19.3. The van der Waals surface area contributed by atoms with E-state index in [1.807, 2.05) is 17.6 Å². The Balaban J connectivity index is 2.00. The largest absolute Gasteiger partial charge is 0.345 e. The van der Waals surface area contributed by atoms with Gasteiger partial charge in [-0.1, -0.05) is 17.7 Å². The summed E-state index contributed by atoms with van der Waals surface area (Å²) in [5.41, 5.74) is 2.56. The molecule has 0 saturated heterocycles. The summed E-state index contributed by atoms with van der Waals surface area (Å²) < 4.78 is 29.5. The molecule has 0 unspecified atom stereocenters. The highest BCUT2D eigenvalue weighted by atomic mass is 35.5. The Hall–Kier alpha value is -2.42. The highest BCUT2D eigenvalue weighted by molar-refractivity contribution is 7.89. The number of hydrogen-bond acceptors (Lipinski definition) is 4. The Morgan fingerprint density at radius 3 is 2.50 bits per heavy atom. The Morgan fingerprint density at radius 2 is 1.87 bits per heavy atom. The summed E-state index contributed by atoms with van der Waals surface area (Å²) >= 11 is 6.12. The number of aromatic nitrogens is 2. The van der Waals surface area contributed by atoms with Gasteiger partial charge in [0.05, 0.1) is 22.5 Å². The molecule has 0 aliphatic rings. The Morgan fingerprint density at radius 1 is 1.17 bits per heavy atom. The molecule has 0 saturated carbocycles. The van der Waals surface area contributed by atoms with Gasteiger partial charge in [-0.3, -0.25) is 4.79 Å². The predicted octanol–water partition coefficient (Wildman–Crippen LogP) is 3.54. The van der Waals surface area contributed by atoms with Crippen LogP contribution in [0.3, 0.4) is 0 Å². The lowest BCUT2D eigenvalue weighted by Gasteiger charge is -2.19. The molecule has 0 N–H and O–H groups in total. The molecule has 7 nitrogen and oxygen atoms in total. The van der Waals surface area contributed by atoms with E-state index in [0.29, 0.717) is 34.0 Å². The van der Waals surface area contributed by atoms with Gasteiger partial charge in [-0.15, -0.1) is 0 Å². The summed E-state index contributed by atoms with van der Waals surface area (Å²) in [5, 5.41) is 0.406. The van der Waals surface area contributed by atoms with Crippen molar-refractivity contribution in [1.82, 2.24) is 18.8 Å². The molecule has 0 fully saturated rings. The zero-order chi connectivity index (χ0) is 22.2. The fourth-order valence-electron chi connectivity index (χ4n) is 3.36. The van der Waals surface area contributed by atoms with Gasteiger partial charge < -0.3 is 9.47 Å². The van der Waals surface area contributed by atoms with Gasteiger partial charge in [0.2, 0.25) is 10.0 Å². The number of nitrogens with zero attached hydrogens (tertiary/aromatic N) is 4. The number of carbonyl (C=O) groups is 1. The van der Waals surface area contributed by atoms with E-state index in [2.05, 4.69) is 4.98 Å². The van der Waals surface area contributed by atoms with E-state index < -0.39 is 10.0 Å². The lowest BCUT2D eigenvalue weighted by atomic mass is 10.2. The van der Waals surface area contributed by atoms with E-state index in [1.54, 1.807) is 51.4 Å². The first kappa shape index (κ1) is 22.3. The minimum absolute atomic E-state index is 0.0910. The summed E-state index contributed by atoms with van der Waals surface area (Å²) in [7, 11) is 1.16. The number of carbonyl (C=O) groups excluding carboxylic acids is 1. The molecule has 1 amide bonds. The van der Waals surface area contributed by atoms with Gasteiger partial charge in [-0.05, 0) is 49.7 Å². The number of rotatable bonds is 6. The van der Waals surface area contributed by atoms with E-state index in [1.165, 1.54) is 16.3 Å². The second-order valence-electron chi connectivity index (χ2n) is 7.30. The number of hydrogen-bond donors (Lipinski definition) is 0. The maximum Gasteiger partial charge on any atom is 0.253 e. The fraction of sp³-hybridized carbons (Fsp3) is 0.333. The number of amides is 1. The monoisotopic (exact) mass is 448 g/mol. The molecule has 9 heteroatoms. The molecule has 0 atom stereocenters.